The predicted octanol–water partition coefficient (Wildman–Crippen LogP) is 2.61. The molecule has 0 heterocycles. The Morgan fingerprint density at radius 2 is 1.06 bits per heavy atom. The molecule has 17 heteroatoms. The fourth-order valence-electron chi connectivity index (χ4n) is 3.79. The summed E-state index contributed by atoms with van der Waals surface area (Å²) in [5.74, 6) is -8.40. The molecule has 0 aromatic heterocycles. The number of aliphatic carboxylic acids is 1. The third kappa shape index (κ3) is 9.76. The Morgan fingerprint density at radius 3 is 1.48 bits per heavy atom. The third-order valence-electron chi connectivity index (χ3n) is 5.96. The summed E-state index contributed by atoms with van der Waals surface area (Å²) in [6, 6.07) is 12.7. The van der Waals surface area contributed by atoms with Crippen molar-refractivity contribution in [1.82, 2.24) is 10.9 Å². The Morgan fingerprint density at radius 1 is 0.625 bits per heavy atom. The number of hydrazine groups is 1. The number of hydrogen-bond donors (Lipinski definition) is 3. The second-order valence-corrected chi connectivity index (χ2v) is 10.3. The van der Waals surface area contributed by atoms with Crippen molar-refractivity contribution in [3.63, 3.8) is 0 Å². The lowest BCUT2D eigenvalue weighted by Crippen LogP contribution is -2.54. The smallest absolute Gasteiger partial charge is 0.349 e. The summed E-state index contributed by atoms with van der Waals surface area (Å²) in [6.45, 7) is 2.27. The number of halogens is 1. The van der Waals surface area contributed by atoms with Gasteiger partial charge in [-0.2, -0.15) is 0 Å². The summed E-state index contributed by atoms with van der Waals surface area (Å²) in [5, 5.41) is 10.0. The Hall–Kier alpha value is -5.97. The molecule has 0 radical (unpaired) electrons. The van der Waals surface area contributed by atoms with Crippen molar-refractivity contribution in [3.05, 3.63) is 81.8 Å². The van der Waals surface area contributed by atoms with E-state index in [1.54, 1.807) is 12.1 Å². The van der Waals surface area contributed by atoms with Crippen molar-refractivity contribution in [2.75, 3.05) is 14.2 Å². The molecule has 48 heavy (non-hydrogen) atoms. The van der Waals surface area contributed by atoms with Crippen molar-refractivity contribution in [2.24, 2.45) is 0 Å². The number of hydrogen-bond acceptors (Lipinski definition) is 13. The lowest BCUT2D eigenvalue weighted by molar-refractivity contribution is -0.159. The number of carboxylic acid groups (broad SMARTS) is 1. The molecular formula is C31H27BrN2O14. The van der Waals surface area contributed by atoms with Gasteiger partial charge in [0, 0.05) is 23.9 Å². The van der Waals surface area contributed by atoms with Gasteiger partial charge < -0.3 is 33.5 Å². The molecule has 2 amide bonds. The van der Waals surface area contributed by atoms with E-state index in [4.69, 9.17) is 28.4 Å². The molecule has 16 nitrogen and oxygen atoms in total. The molecule has 0 spiro atoms. The summed E-state index contributed by atoms with van der Waals surface area (Å²) in [5.41, 5.74) is 3.54. The average molecular weight is 731 g/mol. The minimum atomic E-state index is -2.48. The van der Waals surface area contributed by atoms with Crippen molar-refractivity contribution in [1.29, 1.82) is 0 Å². The van der Waals surface area contributed by atoms with E-state index >= 15 is 0 Å². The first-order valence-corrected chi connectivity index (χ1v) is 14.3. The van der Waals surface area contributed by atoms with Gasteiger partial charge in [0.15, 0.2) is 23.0 Å². The van der Waals surface area contributed by atoms with Crippen LogP contribution >= 0.6 is 15.9 Å². The van der Waals surface area contributed by atoms with Crippen LogP contribution in [0.3, 0.4) is 0 Å². The highest BCUT2D eigenvalue weighted by Gasteiger charge is 2.41. The lowest BCUT2D eigenvalue weighted by Gasteiger charge is -2.24. The monoisotopic (exact) mass is 730 g/mol. The maximum atomic E-state index is 13.3. The van der Waals surface area contributed by atoms with Crippen molar-refractivity contribution in [3.8, 4) is 23.0 Å². The number of esters is 4. The molecule has 3 N–H and O–H groups in total. The highest BCUT2D eigenvalue weighted by molar-refractivity contribution is 9.10. The number of ether oxygens (including phenoxy) is 6. The average Bonchev–Trinajstić information content (AvgIpc) is 3.04. The van der Waals surface area contributed by atoms with Gasteiger partial charge in [0.25, 0.3) is 11.8 Å². The first-order chi connectivity index (χ1) is 22.7. The van der Waals surface area contributed by atoms with Gasteiger partial charge in [0.2, 0.25) is 12.2 Å². The largest absolute Gasteiger partial charge is 0.493 e. The maximum Gasteiger partial charge on any atom is 0.349 e. The summed E-state index contributed by atoms with van der Waals surface area (Å²) >= 11 is 3.22. The molecule has 0 fully saturated rings. The van der Waals surface area contributed by atoms with Gasteiger partial charge in [0.1, 0.15) is 0 Å². The van der Waals surface area contributed by atoms with Crippen LogP contribution in [0, 0.1) is 0 Å². The van der Waals surface area contributed by atoms with Crippen LogP contribution in [0.15, 0.2) is 65.1 Å². The number of benzene rings is 3. The normalized spacial score (nSPS) is 11.5. The SMILES string of the molecule is COc1cc(C(=O)O[C@@H](C(=O)O)[C@@H](OC(=O)c2ccc(OC(C)=O)c(OC)c2)C(=O)NNC(=O)c2ccc(Br)cc2)ccc1OC(C)=O. The quantitative estimate of drug-likeness (QED) is 0.139. The van der Waals surface area contributed by atoms with Crippen molar-refractivity contribution in [2.45, 2.75) is 26.1 Å². The Kier molecular flexibility index (Phi) is 12.6. The molecule has 3 aromatic rings. The van der Waals surface area contributed by atoms with Crippen LogP contribution in [0.4, 0.5) is 0 Å². The Bertz CT molecular complexity index is 1740. The van der Waals surface area contributed by atoms with E-state index in [2.05, 4.69) is 21.4 Å². The fourth-order valence-corrected chi connectivity index (χ4v) is 4.06. The molecule has 0 unspecified atom stereocenters. The minimum absolute atomic E-state index is 0.0563. The predicted molar refractivity (Wildman–Crippen MR) is 164 cm³/mol. The number of rotatable bonds is 12. The van der Waals surface area contributed by atoms with Crippen LogP contribution in [0.25, 0.3) is 0 Å². The molecule has 0 saturated carbocycles. The zero-order valence-electron chi connectivity index (χ0n) is 25.6. The molecule has 0 saturated heterocycles. The molecule has 3 aromatic carbocycles. The zero-order valence-corrected chi connectivity index (χ0v) is 27.1. The molecule has 252 valence electrons. The Labute approximate surface area is 280 Å². The van der Waals surface area contributed by atoms with Gasteiger partial charge in [-0.25, -0.2) is 14.4 Å². The molecular weight excluding hydrogens is 704 g/mol. The van der Waals surface area contributed by atoms with Crippen LogP contribution in [0.2, 0.25) is 0 Å². The molecule has 0 aliphatic heterocycles. The first kappa shape index (κ1) is 36.5. The van der Waals surface area contributed by atoms with Crippen LogP contribution < -0.4 is 29.8 Å². The summed E-state index contributed by atoms with van der Waals surface area (Å²) < 4.78 is 31.2. The minimum Gasteiger partial charge on any atom is -0.493 e. The summed E-state index contributed by atoms with van der Waals surface area (Å²) in [7, 11) is 2.43. The third-order valence-corrected chi connectivity index (χ3v) is 6.49. The summed E-state index contributed by atoms with van der Waals surface area (Å²) in [6.07, 6.45) is -4.88. The fraction of sp³-hybridized carbons (Fsp3) is 0.194. The van der Waals surface area contributed by atoms with Crippen molar-refractivity contribution >= 4 is 57.6 Å². The number of carbonyl (C=O) groups is 7. The van der Waals surface area contributed by atoms with Gasteiger partial charge in [-0.05, 0) is 60.7 Å². The number of methoxy groups -OCH3 is 2. The molecule has 3 rings (SSSR count). The Balaban J connectivity index is 1.94. The first-order valence-electron chi connectivity index (χ1n) is 13.5. The van der Waals surface area contributed by atoms with Crippen LogP contribution in [-0.4, -0.2) is 73.2 Å². The van der Waals surface area contributed by atoms with E-state index in [0.29, 0.717) is 4.47 Å². The van der Waals surface area contributed by atoms with Gasteiger partial charge in [-0.15, -0.1) is 0 Å². The van der Waals surface area contributed by atoms with E-state index in [1.165, 1.54) is 38.5 Å². The van der Waals surface area contributed by atoms with Gasteiger partial charge >= 0.3 is 29.8 Å². The second kappa shape index (κ2) is 16.5. The highest BCUT2D eigenvalue weighted by atomic mass is 79.9. The van der Waals surface area contributed by atoms with Crippen LogP contribution in [-0.2, 0) is 28.7 Å². The van der Waals surface area contributed by atoms with E-state index in [0.717, 1.165) is 38.1 Å². The van der Waals surface area contributed by atoms with Crippen molar-refractivity contribution < 1.29 is 67.1 Å². The number of nitrogens with one attached hydrogen (secondary N) is 2. The molecule has 0 aliphatic carbocycles. The van der Waals surface area contributed by atoms with E-state index in [1.807, 2.05) is 5.43 Å². The standard InChI is InChI=1S/C31H27BrN2O14/c1-15(35)45-21-11-7-18(13-23(21)43-3)30(41)47-25(28(38)34-33-27(37)17-5-9-20(32)10-6-17)26(29(39)40)48-31(42)19-8-12-22(46-16(2)36)24(14-19)44-4/h5-14,25-26H,1-4H3,(H,33,37)(H,34,38)(H,39,40)/t25-,26-/m1/s1. The molecule has 0 bridgehead atoms. The number of carboxylic acids is 1. The number of carbonyl (C=O) groups excluding carboxylic acids is 6. The highest BCUT2D eigenvalue weighted by Crippen LogP contribution is 2.30. The molecule has 2 atom stereocenters. The van der Waals surface area contributed by atoms with Crippen LogP contribution in [0.1, 0.15) is 44.9 Å². The summed E-state index contributed by atoms with van der Waals surface area (Å²) in [4.78, 5) is 87.3. The van der Waals surface area contributed by atoms with Gasteiger partial charge in [0.05, 0.1) is 25.3 Å². The topological polar surface area (TPSA) is 219 Å². The zero-order chi connectivity index (χ0) is 35.5. The number of amides is 2. The molecule has 0 aliphatic rings. The maximum absolute atomic E-state index is 13.3. The lowest BCUT2D eigenvalue weighted by atomic mass is 10.1. The second-order valence-electron chi connectivity index (χ2n) is 9.36. The van der Waals surface area contributed by atoms with E-state index in [9.17, 15) is 38.7 Å². The van der Waals surface area contributed by atoms with E-state index in [-0.39, 0.29) is 39.7 Å². The van der Waals surface area contributed by atoms with Gasteiger partial charge in [-0.1, -0.05) is 15.9 Å². The van der Waals surface area contributed by atoms with Crippen LogP contribution in [0.5, 0.6) is 23.0 Å². The van der Waals surface area contributed by atoms with Gasteiger partial charge in [-0.3, -0.25) is 30.0 Å². The van der Waals surface area contributed by atoms with E-state index < -0.39 is 53.9 Å².